The van der Waals surface area contributed by atoms with E-state index in [4.69, 9.17) is 4.74 Å². The van der Waals surface area contributed by atoms with E-state index in [0.717, 1.165) is 24.0 Å². The highest BCUT2D eigenvalue weighted by Crippen LogP contribution is 2.30. The Bertz CT molecular complexity index is 895. The van der Waals surface area contributed by atoms with Crippen molar-refractivity contribution in [1.82, 2.24) is 5.32 Å². The van der Waals surface area contributed by atoms with Crippen molar-refractivity contribution in [2.45, 2.75) is 29.7 Å². The Morgan fingerprint density at radius 2 is 1.81 bits per heavy atom. The summed E-state index contributed by atoms with van der Waals surface area (Å²) in [4.78, 5) is 0.258. The fourth-order valence-corrected chi connectivity index (χ4v) is 3.81. The molecule has 146 valence electrons. The summed E-state index contributed by atoms with van der Waals surface area (Å²) < 4.78 is 67.3. The molecule has 1 saturated heterocycles. The van der Waals surface area contributed by atoms with Crippen LogP contribution in [0.1, 0.15) is 22.6 Å². The minimum absolute atomic E-state index is 0.0267. The molecule has 2 unspecified atom stereocenters. The van der Waals surface area contributed by atoms with E-state index in [9.17, 15) is 21.6 Å². The maximum Gasteiger partial charge on any atom is 0.416 e. The van der Waals surface area contributed by atoms with E-state index in [1.807, 2.05) is 6.07 Å². The fourth-order valence-electron chi connectivity index (χ4n) is 3.13. The summed E-state index contributed by atoms with van der Waals surface area (Å²) >= 11 is 0. The molecule has 2 aromatic carbocycles. The molecule has 1 fully saturated rings. The number of hydrogen-bond acceptors (Lipinski definition) is 4. The molecule has 0 aromatic heterocycles. The average molecular weight is 399 g/mol. The molecule has 3 rings (SSSR count). The second kappa shape index (κ2) is 7.61. The summed E-state index contributed by atoms with van der Waals surface area (Å²) in [6.45, 7) is 1.42. The average Bonchev–Trinajstić information content (AvgIpc) is 3.07. The van der Waals surface area contributed by atoms with Crippen LogP contribution in [0.4, 0.5) is 13.2 Å². The Labute approximate surface area is 156 Å². The molecule has 2 atom stereocenters. The number of sulfone groups is 1. The first-order chi connectivity index (χ1) is 12.6. The van der Waals surface area contributed by atoms with E-state index in [1.54, 1.807) is 18.2 Å². The van der Waals surface area contributed by atoms with Crippen LogP contribution in [0.15, 0.2) is 53.4 Å². The number of hydrogen-bond donors (Lipinski definition) is 1. The molecule has 8 heteroatoms. The number of halogens is 3. The first-order valence-electron chi connectivity index (χ1n) is 8.43. The van der Waals surface area contributed by atoms with Crippen molar-refractivity contribution in [1.29, 1.82) is 0 Å². The van der Waals surface area contributed by atoms with Crippen LogP contribution < -0.4 is 5.32 Å². The molecule has 1 N–H and O–H groups in total. The maximum absolute atomic E-state index is 12.6. The van der Waals surface area contributed by atoms with Gasteiger partial charge in [0.25, 0.3) is 0 Å². The molecule has 1 aliphatic rings. The topological polar surface area (TPSA) is 55.4 Å². The van der Waals surface area contributed by atoms with E-state index < -0.39 is 21.6 Å². The second-order valence-electron chi connectivity index (χ2n) is 6.65. The molecule has 27 heavy (non-hydrogen) atoms. The first kappa shape index (κ1) is 19.9. The molecule has 0 bridgehead atoms. The summed E-state index contributed by atoms with van der Waals surface area (Å²) in [5.41, 5.74) is 0.822. The molecule has 2 aromatic rings. The first-order valence-corrected chi connectivity index (χ1v) is 10.3. The molecule has 0 amide bonds. The van der Waals surface area contributed by atoms with Crippen molar-refractivity contribution >= 4 is 9.84 Å². The van der Waals surface area contributed by atoms with Crippen LogP contribution >= 0.6 is 0 Å². The van der Waals surface area contributed by atoms with Gasteiger partial charge in [-0.25, -0.2) is 8.42 Å². The van der Waals surface area contributed by atoms with Gasteiger partial charge in [0, 0.05) is 25.3 Å². The summed E-state index contributed by atoms with van der Waals surface area (Å²) in [6.07, 6.45) is -3.38. The summed E-state index contributed by atoms with van der Waals surface area (Å²) in [7, 11) is -3.30. The van der Waals surface area contributed by atoms with Crippen LogP contribution in [-0.4, -0.2) is 33.9 Å². The quantitative estimate of drug-likeness (QED) is 0.838. The number of ether oxygens (including phenoxy) is 1. The van der Waals surface area contributed by atoms with Gasteiger partial charge in [0.2, 0.25) is 0 Å². The van der Waals surface area contributed by atoms with Crippen molar-refractivity contribution in [2.24, 2.45) is 0 Å². The van der Waals surface area contributed by atoms with Gasteiger partial charge in [-0.2, -0.15) is 13.2 Å². The Balaban J connectivity index is 1.69. The molecule has 0 saturated carbocycles. The smallest absolute Gasteiger partial charge is 0.372 e. The lowest BCUT2D eigenvalue weighted by atomic mass is 9.96. The van der Waals surface area contributed by atoms with Gasteiger partial charge in [-0.1, -0.05) is 24.3 Å². The summed E-state index contributed by atoms with van der Waals surface area (Å²) in [5.74, 6) is -0.0267. The number of benzene rings is 2. The number of nitrogens with one attached hydrogen (secondary N) is 1. The summed E-state index contributed by atoms with van der Waals surface area (Å²) in [5, 5.41) is 3.22. The Morgan fingerprint density at radius 3 is 2.44 bits per heavy atom. The van der Waals surface area contributed by atoms with Crippen LogP contribution in [0, 0.1) is 0 Å². The SMILES string of the molecule is CS(=O)(=O)c1cccc(C2CNCC2OCc2ccc(C(F)(F)F)cc2)c1. The fraction of sp³-hybridized carbons (Fsp3) is 0.368. The standard InChI is InChI=1S/C19H20F3NO3S/c1-27(24,25)16-4-2-3-14(9-16)17-10-23-11-18(17)26-12-13-5-7-15(8-6-13)19(20,21)22/h2-9,17-18,23H,10-12H2,1H3. The van der Waals surface area contributed by atoms with Gasteiger partial charge < -0.3 is 10.1 Å². The van der Waals surface area contributed by atoms with Gasteiger partial charge in [-0.05, 0) is 35.4 Å². The minimum atomic E-state index is -4.36. The maximum atomic E-state index is 12.6. The lowest BCUT2D eigenvalue weighted by Crippen LogP contribution is -2.21. The number of rotatable bonds is 5. The summed E-state index contributed by atoms with van der Waals surface area (Å²) in [6, 6.07) is 11.7. The van der Waals surface area contributed by atoms with E-state index in [2.05, 4.69) is 5.32 Å². The van der Waals surface area contributed by atoms with Crippen molar-refractivity contribution in [3.05, 3.63) is 65.2 Å². The van der Waals surface area contributed by atoms with Crippen molar-refractivity contribution in [2.75, 3.05) is 19.3 Å². The monoisotopic (exact) mass is 399 g/mol. The van der Waals surface area contributed by atoms with Crippen LogP contribution in [0.5, 0.6) is 0 Å². The van der Waals surface area contributed by atoms with Gasteiger partial charge in [-0.15, -0.1) is 0 Å². The van der Waals surface area contributed by atoms with Gasteiger partial charge in [0.15, 0.2) is 9.84 Å². The zero-order valence-corrected chi connectivity index (χ0v) is 15.5. The van der Waals surface area contributed by atoms with Gasteiger partial charge in [-0.3, -0.25) is 0 Å². The van der Waals surface area contributed by atoms with Crippen molar-refractivity contribution in [3.8, 4) is 0 Å². The molecule has 1 heterocycles. The predicted octanol–water partition coefficient (Wildman–Crippen LogP) is 3.38. The van der Waals surface area contributed by atoms with Crippen LogP contribution in [0.3, 0.4) is 0 Å². The molecule has 4 nitrogen and oxygen atoms in total. The minimum Gasteiger partial charge on any atom is -0.372 e. The normalized spacial score (nSPS) is 20.7. The highest BCUT2D eigenvalue weighted by atomic mass is 32.2. The molecule has 0 radical (unpaired) electrons. The van der Waals surface area contributed by atoms with Gasteiger partial charge in [0.1, 0.15) is 0 Å². The zero-order chi connectivity index (χ0) is 19.7. The Hall–Kier alpha value is -1.90. The van der Waals surface area contributed by atoms with Crippen LogP contribution in [-0.2, 0) is 27.4 Å². The van der Waals surface area contributed by atoms with Crippen molar-refractivity contribution < 1.29 is 26.3 Å². The van der Waals surface area contributed by atoms with E-state index in [1.165, 1.54) is 12.1 Å². The van der Waals surface area contributed by atoms with E-state index in [-0.39, 0.29) is 23.5 Å². The third kappa shape index (κ3) is 4.88. The lowest BCUT2D eigenvalue weighted by molar-refractivity contribution is -0.137. The van der Waals surface area contributed by atoms with Crippen LogP contribution in [0.25, 0.3) is 0 Å². The number of alkyl halides is 3. The molecule has 1 aliphatic heterocycles. The highest BCUT2D eigenvalue weighted by molar-refractivity contribution is 7.90. The molecular weight excluding hydrogens is 379 g/mol. The van der Waals surface area contributed by atoms with Gasteiger partial charge >= 0.3 is 6.18 Å². The van der Waals surface area contributed by atoms with E-state index in [0.29, 0.717) is 18.7 Å². The van der Waals surface area contributed by atoms with Gasteiger partial charge in [0.05, 0.1) is 23.2 Å². The lowest BCUT2D eigenvalue weighted by Gasteiger charge is -2.20. The molecule has 0 aliphatic carbocycles. The largest absolute Gasteiger partial charge is 0.416 e. The van der Waals surface area contributed by atoms with Crippen molar-refractivity contribution in [3.63, 3.8) is 0 Å². The Morgan fingerprint density at radius 1 is 1.11 bits per heavy atom. The molecular formula is C19H20F3NO3S. The second-order valence-corrected chi connectivity index (χ2v) is 8.67. The molecule has 0 spiro atoms. The van der Waals surface area contributed by atoms with E-state index >= 15 is 0 Å². The third-order valence-electron chi connectivity index (χ3n) is 4.62. The predicted molar refractivity (Wildman–Crippen MR) is 95.2 cm³/mol. The Kier molecular flexibility index (Phi) is 5.60. The van der Waals surface area contributed by atoms with Crippen LogP contribution in [0.2, 0.25) is 0 Å². The zero-order valence-electron chi connectivity index (χ0n) is 14.7. The highest BCUT2D eigenvalue weighted by Gasteiger charge is 2.31. The third-order valence-corrected chi connectivity index (χ3v) is 5.73.